The van der Waals surface area contributed by atoms with Gasteiger partial charge in [-0.2, -0.15) is 13.2 Å². The standard InChI is InChI=1S/C20H13F3N2O4/c21-20(22,23)14-4-2-1-3-12(14)15-7-10-5-6-11(8-13(10)18(28)24-15)25-9-16(26)17(27)19(25)29/h1-8,17,27H,9H2,(H,24,28)/t17-/m1/s1. The first kappa shape index (κ1) is 18.9. The molecule has 1 amide bonds. The van der Waals surface area contributed by atoms with Gasteiger partial charge in [0.15, 0.2) is 11.9 Å². The Kier molecular flexibility index (Phi) is 4.27. The Morgan fingerprint density at radius 2 is 1.76 bits per heavy atom. The third-order valence-corrected chi connectivity index (χ3v) is 4.78. The number of hydrogen-bond acceptors (Lipinski definition) is 4. The number of aliphatic hydroxyl groups is 1. The molecule has 0 spiro atoms. The van der Waals surface area contributed by atoms with Crippen LogP contribution in [-0.2, 0) is 15.8 Å². The van der Waals surface area contributed by atoms with E-state index in [-0.39, 0.29) is 28.9 Å². The van der Waals surface area contributed by atoms with E-state index < -0.39 is 35.1 Å². The van der Waals surface area contributed by atoms with Crippen LogP contribution < -0.4 is 10.5 Å². The maximum Gasteiger partial charge on any atom is 0.417 e. The predicted octanol–water partition coefficient (Wildman–Crippen LogP) is 2.49. The summed E-state index contributed by atoms with van der Waals surface area (Å²) < 4.78 is 39.9. The van der Waals surface area contributed by atoms with E-state index in [2.05, 4.69) is 4.98 Å². The summed E-state index contributed by atoms with van der Waals surface area (Å²) >= 11 is 0. The second-order valence-electron chi connectivity index (χ2n) is 6.62. The molecule has 2 N–H and O–H groups in total. The molecule has 1 aromatic heterocycles. The fourth-order valence-electron chi connectivity index (χ4n) is 3.35. The van der Waals surface area contributed by atoms with Gasteiger partial charge in [0.2, 0.25) is 0 Å². The van der Waals surface area contributed by atoms with Crippen molar-refractivity contribution in [3.63, 3.8) is 0 Å². The number of aromatic amines is 1. The molecule has 2 heterocycles. The highest BCUT2D eigenvalue weighted by Crippen LogP contribution is 2.36. The number of halogens is 3. The lowest BCUT2D eigenvalue weighted by Crippen LogP contribution is -2.29. The quantitative estimate of drug-likeness (QED) is 0.645. The first-order valence-electron chi connectivity index (χ1n) is 8.52. The molecule has 1 aliphatic heterocycles. The van der Waals surface area contributed by atoms with Crippen molar-refractivity contribution in [3.8, 4) is 11.3 Å². The number of Topliss-reactive ketones (excluding diaryl/α,β-unsaturated/α-hetero) is 1. The zero-order valence-electron chi connectivity index (χ0n) is 14.7. The molecule has 0 unspecified atom stereocenters. The topological polar surface area (TPSA) is 90.5 Å². The van der Waals surface area contributed by atoms with Crippen LogP contribution in [0, 0.1) is 0 Å². The maximum absolute atomic E-state index is 13.3. The Hall–Kier alpha value is -3.46. The number of aromatic nitrogens is 1. The summed E-state index contributed by atoms with van der Waals surface area (Å²) in [6.45, 7) is -0.319. The average molecular weight is 402 g/mol. The van der Waals surface area contributed by atoms with Crippen molar-refractivity contribution in [1.82, 2.24) is 4.98 Å². The van der Waals surface area contributed by atoms with E-state index in [9.17, 15) is 32.7 Å². The van der Waals surface area contributed by atoms with Gasteiger partial charge in [0, 0.05) is 22.3 Å². The molecular formula is C20H13F3N2O4. The van der Waals surface area contributed by atoms with Gasteiger partial charge in [-0.05, 0) is 29.7 Å². The Morgan fingerprint density at radius 3 is 2.41 bits per heavy atom. The summed E-state index contributed by atoms with van der Waals surface area (Å²) in [6.07, 6.45) is -6.32. The van der Waals surface area contributed by atoms with E-state index in [0.29, 0.717) is 5.39 Å². The predicted molar refractivity (Wildman–Crippen MR) is 98.4 cm³/mol. The van der Waals surface area contributed by atoms with Crippen LogP contribution in [0.15, 0.2) is 53.3 Å². The fourth-order valence-corrected chi connectivity index (χ4v) is 3.35. The molecule has 1 saturated heterocycles. The highest BCUT2D eigenvalue weighted by Gasteiger charge is 2.38. The monoisotopic (exact) mass is 402 g/mol. The van der Waals surface area contributed by atoms with Gasteiger partial charge >= 0.3 is 6.18 Å². The molecule has 0 saturated carbocycles. The number of ketones is 1. The van der Waals surface area contributed by atoms with Crippen molar-refractivity contribution in [2.45, 2.75) is 12.3 Å². The van der Waals surface area contributed by atoms with Crippen LogP contribution >= 0.6 is 0 Å². The van der Waals surface area contributed by atoms with Gasteiger partial charge in [0.1, 0.15) is 0 Å². The molecule has 1 aliphatic rings. The van der Waals surface area contributed by atoms with Crippen molar-refractivity contribution < 1.29 is 27.9 Å². The third kappa shape index (κ3) is 3.19. The summed E-state index contributed by atoms with van der Waals surface area (Å²) in [5.41, 5.74) is -1.43. The number of hydrogen-bond donors (Lipinski definition) is 2. The molecule has 1 fully saturated rings. The van der Waals surface area contributed by atoms with E-state index in [1.165, 1.54) is 42.5 Å². The highest BCUT2D eigenvalue weighted by molar-refractivity contribution is 6.20. The van der Waals surface area contributed by atoms with Crippen molar-refractivity contribution in [2.75, 3.05) is 11.4 Å². The van der Waals surface area contributed by atoms with Crippen LogP contribution in [0.3, 0.4) is 0 Å². The number of carbonyl (C=O) groups is 2. The number of carbonyl (C=O) groups excluding carboxylic acids is 2. The molecule has 0 bridgehead atoms. The number of amides is 1. The molecule has 29 heavy (non-hydrogen) atoms. The molecular weight excluding hydrogens is 389 g/mol. The molecule has 6 nitrogen and oxygen atoms in total. The number of pyridine rings is 1. The van der Waals surface area contributed by atoms with E-state index in [1.807, 2.05) is 0 Å². The lowest BCUT2D eigenvalue weighted by molar-refractivity contribution is -0.137. The maximum atomic E-state index is 13.3. The van der Waals surface area contributed by atoms with Crippen LogP contribution in [0.1, 0.15) is 5.56 Å². The zero-order valence-corrected chi connectivity index (χ0v) is 14.7. The first-order valence-corrected chi connectivity index (χ1v) is 8.52. The van der Waals surface area contributed by atoms with Gasteiger partial charge in [-0.1, -0.05) is 24.3 Å². The molecule has 9 heteroatoms. The van der Waals surface area contributed by atoms with Gasteiger partial charge in [-0.3, -0.25) is 14.4 Å². The highest BCUT2D eigenvalue weighted by atomic mass is 19.4. The summed E-state index contributed by atoms with van der Waals surface area (Å²) in [6, 6.07) is 10.6. The summed E-state index contributed by atoms with van der Waals surface area (Å²) in [5, 5.41) is 10.0. The van der Waals surface area contributed by atoms with E-state index in [1.54, 1.807) is 0 Å². The lowest BCUT2D eigenvalue weighted by atomic mass is 10.0. The number of H-pyrrole nitrogens is 1. The Balaban J connectivity index is 1.82. The van der Waals surface area contributed by atoms with Crippen molar-refractivity contribution >= 4 is 28.2 Å². The normalized spacial score (nSPS) is 17.4. The minimum atomic E-state index is -4.59. The summed E-state index contributed by atoms with van der Waals surface area (Å²) in [5.74, 6) is -1.44. The van der Waals surface area contributed by atoms with Crippen molar-refractivity contribution in [1.29, 1.82) is 0 Å². The second-order valence-corrected chi connectivity index (χ2v) is 6.62. The van der Waals surface area contributed by atoms with Gasteiger partial charge in [0.25, 0.3) is 11.5 Å². The van der Waals surface area contributed by atoms with Crippen LogP contribution in [0.5, 0.6) is 0 Å². The van der Waals surface area contributed by atoms with E-state index in [4.69, 9.17) is 0 Å². The SMILES string of the molecule is O=C1CN(c2ccc3cc(-c4ccccc4C(F)(F)F)[nH]c(=O)c3c2)C(=O)[C@@H]1O. The van der Waals surface area contributed by atoms with Gasteiger partial charge in [0.05, 0.1) is 12.1 Å². The number of nitrogens with zero attached hydrogens (tertiary/aromatic N) is 1. The molecule has 1 atom stereocenters. The minimum Gasteiger partial charge on any atom is -0.376 e. The average Bonchev–Trinajstić information content (AvgIpc) is 2.94. The van der Waals surface area contributed by atoms with Crippen LogP contribution in [-0.4, -0.2) is 34.4 Å². The molecule has 3 aromatic rings. The summed E-state index contributed by atoms with van der Waals surface area (Å²) in [4.78, 5) is 39.6. The molecule has 2 aromatic carbocycles. The number of alkyl halides is 3. The van der Waals surface area contributed by atoms with Crippen LogP contribution in [0.25, 0.3) is 22.0 Å². The smallest absolute Gasteiger partial charge is 0.376 e. The number of benzene rings is 2. The molecule has 0 aliphatic carbocycles. The van der Waals surface area contributed by atoms with Crippen LogP contribution in [0.4, 0.5) is 18.9 Å². The molecule has 4 rings (SSSR count). The van der Waals surface area contributed by atoms with Crippen molar-refractivity contribution in [2.24, 2.45) is 0 Å². The number of nitrogens with one attached hydrogen (secondary N) is 1. The number of aliphatic hydroxyl groups excluding tert-OH is 1. The zero-order chi connectivity index (χ0) is 20.9. The lowest BCUT2D eigenvalue weighted by Gasteiger charge is -2.16. The second kappa shape index (κ2) is 6.56. The van der Waals surface area contributed by atoms with Crippen LogP contribution in [0.2, 0.25) is 0 Å². The molecule has 0 radical (unpaired) electrons. The minimum absolute atomic E-state index is 0.00558. The summed E-state index contributed by atoms with van der Waals surface area (Å²) in [7, 11) is 0. The van der Waals surface area contributed by atoms with E-state index >= 15 is 0 Å². The number of fused-ring (bicyclic) bond motifs is 1. The van der Waals surface area contributed by atoms with E-state index in [0.717, 1.165) is 11.0 Å². The Bertz CT molecular complexity index is 1220. The largest absolute Gasteiger partial charge is 0.417 e. The number of anilines is 1. The number of rotatable bonds is 2. The van der Waals surface area contributed by atoms with Gasteiger partial charge in [-0.15, -0.1) is 0 Å². The molecule has 148 valence electrons. The third-order valence-electron chi connectivity index (χ3n) is 4.78. The van der Waals surface area contributed by atoms with Gasteiger partial charge in [-0.25, -0.2) is 0 Å². The van der Waals surface area contributed by atoms with Gasteiger partial charge < -0.3 is 15.0 Å². The fraction of sp³-hybridized carbons (Fsp3) is 0.150. The first-order chi connectivity index (χ1) is 13.7. The Morgan fingerprint density at radius 1 is 1.03 bits per heavy atom. The Labute approximate surface area is 161 Å². The van der Waals surface area contributed by atoms with Crippen molar-refractivity contribution in [3.05, 3.63) is 64.4 Å².